The number of hydrogen-bond donors (Lipinski definition) is 2. The molecule has 0 aliphatic carbocycles. The molecule has 1 aromatic carbocycles. The highest BCUT2D eigenvalue weighted by Crippen LogP contribution is 2.15. The molecule has 1 amide bonds. The summed E-state index contributed by atoms with van der Waals surface area (Å²) < 4.78 is 0. The zero-order chi connectivity index (χ0) is 16.1. The molecule has 1 fully saturated rings. The van der Waals surface area contributed by atoms with Gasteiger partial charge in [0, 0.05) is 37.6 Å². The molecule has 3 N–H and O–H groups in total. The van der Waals surface area contributed by atoms with Gasteiger partial charge in [0.05, 0.1) is 11.3 Å². The summed E-state index contributed by atoms with van der Waals surface area (Å²) in [6, 6.07) is 13.4. The zero-order valence-corrected chi connectivity index (χ0v) is 13.1. The molecule has 0 atom stereocenters. The third-order valence-corrected chi connectivity index (χ3v) is 4.24. The van der Waals surface area contributed by atoms with Crippen LogP contribution >= 0.6 is 0 Å². The number of likely N-dealkylation sites (tertiary alicyclic amines) is 1. The number of anilines is 1. The van der Waals surface area contributed by atoms with Gasteiger partial charge >= 0.3 is 0 Å². The number of nitrogens with one attached hydrogen (secondary N) is 1. The van der Waals surface area contributed by atoms with Gasteiger partial charge in [-0.2, -0.15) is 0 Å². The Morgan fingerprint density at radius 3 is 2.61 bits per heavy atom. The molecule has 0 unspecified atom stereocenters. The van der Waals surface area contributed by atoms with E-state index in [-0.39, 0.29) is 11.9 Å². The zero-order valence-electron chi connectivity index (χ0n) is 13.1. The van der Waals surface area contributed by atoms with Crippen LogP contribution in [-0.4, -0.2) is 34.9 Å². The molecule has 3 rings (SSSR count). The molecular formula is C18H22N4O. The number of nitrogens with two attached hydrogens (primary N) is 1. The fourth-order valence-electron chi connectivity index (χ4n) is 2.92. The molecular weight excluding hydrogens is 288 g/mol. The van der Waals surface area contributed by atoms with Gasteiger partial charge in [0.1, 0.15) is 0 Å². The average Bonchev–Trinajstić information content (AvgIpc) is 2.58. The van der Waals surface area contributed by atoms with E-state index in [9.17, 15) is 4.79 Å². The molecule has 1 aliphatic rings. The number of hydrogen-bond acceptors (Lipinski definition) is 4. The number of nitrogens with zero attached hydrogens (tertiary/aromatic N) is 2. The van der Waals surface area contributed by atoms with Crippen molar-refractivity contribution in [3.8, 4) is 0 Å². The van der Waals surface area contributed by atoms with E-state index in [1.165, 1.54) is 0 Å². The molecule has 0 radical (unpaired) electrons. The number of carbonyl (C=O) groups is 1. The molecule has 23 heavy (non-hydrogen) atoms. The summed E-state index contributed by atoms with van der Waals surface area (Å²) in [5.74, 6) is -0.0775. The smallest absolute Gasteiger partial charge is 0.253 e. The maximum absolute atomic E-state index is 12.3. The predicted octanol–water partition coefficient (Wildman–Crippen LogP) is 2.06. The fraction of sp³-hybridized carbons (Fsp3) is 0.333. The van der Waals surface area contributed by atoms with Crippen LogP contribution in [0, 0.1) is 0 Å². The number of carbonyl (C=O) groups excluding carboxylic acids is 1. The van der Waals surface area contributed by atoms with Crippen molar-refractivity contribution in [3.05, 3.63) is 59.9 Å². The fourth-order valence-corrected chi connectivity index (χ4v) is 2.92. The molecule has 1 saturated heterocycles. The van der Waals surface area contributed by atoms with E-state index < -0.39 is 0 Å². The molecule has 5 nitrogen and oxygen atoms in total. The van der Waals surface area contributed by atoms with Crippen molar-refractivity contribution < 1.29 is 4.79 Å². The highest BCUT2D eigenvalue weighted by Gasteiger charge is 2.21. The minimum atomic E-state index is -0.0775. The minimum Gasteiger partial charge on any atom is -0.398 e. The highest BCUT2D eigenvalue weighted by molar-refractivity contribution is 5.99. The lowest BCUT2D eigenvalue weighted by Crippen LogP contribution is -2.44. The maximum atomic E-state index is 12.3. The Labute approximate surface area is 136 Å². The van der Waals surface area contributed by atoms with Crippen molar-refractivity contribution in [2.45, 2.75) is 25.4 Å². The Morgan fingerprint density at radius 1 is 1.17 bits per heavy atom. The first-order valence-electron chi connectivity index (χ1n) is 8.00. The van der Waals surface area contributed by atoms with Gasteiger partial charge in [0.2, 0.25) is 0 Å². The summed E-state index contributed by atoms with van der Waals surface area (Å²) in [6.45, 7) is 2.80. The second-order valence-electron chi connectivity index (χ2n) is 5.93. The summed E-state index contributed by atoms with van der Waals surface area (Å²) in [7, 11) is 0. The lowest BCUT2D eigenvalue weighted by atomic mass is 10.0. The molecule has 0 spiro atoms. The normalized spacial score (nSPS) is 16.2. The lowest BCUT2D eigenvalue weighted by molar-refractivity contribution is 0.0909. The van der Waals surface area contributed by atoms with E-state index in [1.807, 2.05) is 36.5 Å². The van der Waals surface area contributed by atoms with Crippen molar-refractivity contribution in [3.63, 3.8) is 0 Å². The van der Waals surface area contributed by atoms with E-state index >= 15 is 0 Å². The number of benzene rings is 1. The van der Waals surface area contributed by atoms with Crippen LogP contribution in [-0.2, 0) is 6.54 Å². The van der Waals surface area contributed by atoms with E-state index in [0.717, 1.165) is 38.2 Å². The lowest BCUT2D eigenvalue weighted by Gasteiger charge is -2.32. The molecule has 5 heteroatoms. The van der Waals surface area contributed by atoms with Gasteiger partial charge in [0.15, 0.2) is 0 Å². The second kappa shape index (κ2) is 7.24. The first kappa shape index (κ1) is 15.5. The Hall–Kier alpha value is -2.40. The van der Waals surface area contributed by atoms with Gasteiger partial charge in [-0.3, -0.25) is 14.7 Å². The van der Waals surface area contributed by atoms with Crippen LogP contribution in [0.15, 0.2) is 48.7 Å². The minimum absolute atomic E-state index is 0.0775. The van der Waals surface area contributed by atoms with E-state index in [2.05, 4.69) is 15.2 Å². The summed E-state index contributed by atoms with van der Waals surface area (Å²) in [5, 5.41) is 3.10. The number of nitrogen functional groups attached to an aromatic ring is 1. The summed E-state index contributed by atoms with van der Waals surface area (Å²) in [5.41, 5.74) is 8.03. The van der Waals surface area contributed by atoms with Gasteiger partial charge in [0.25, 0.3) is 5.91 Å². The molecule has 120 valence electrons. The Bertz CT molecular complexity index is 651. The Balaban J connectivity index is 1.49. The number of para-hydroxylation sites is 1. The van der Waals surface area contributed by atoms with Crippen molar-refractivity contribution in [2.24, 2.45) is 0 Å². The molecule has 1 aliphatic heterocycles. The second-order valence-corrected chi connectivity index (χ2v) is 5.93. The number of pyridine rings is 1. The van der Waals surface area contributed by atoms with Crippen LogP contribution in [0.25, 0.3) is 0 Å². The average molecular weight is 310 g/mol. The van der Waals surface area contributed by atoms with Crippen molar-refractivity contribution in [2.75, 3.05) is 18.8 Å². The number of aromatic nitrogens is 1. The molecule has 1 aromatic heterocycles. The van der Waals surface area contributed by atoms with E-state index in [0.29, 0.717) is 11.3 Å². The van der Waals surface area contributed by atoms with Gasteiger partial charge in [-0.1, -0.05) is 18.2 Å². The first-order valence-corrected chi connectivity index (χ1v) is 8.00. The summed E-state index contributed by atoms with van der Waals surface area (Å²) >= 11 is 0. The topological polar surface area (TPSA) is 71.2 Å². The highest BCUT2D eigenvalue weighted by atomic mass is 16.1. The van der Waals surface area contributed by atoms with Gasteiger partial charge < -0.3 is 11.1 Å². The Kier molecular flexibility index (Phi) is 4.88. The first-order chi connectivity index (χ1) is 11.2. The predicted molar refractivity (Wildman–Crippen MR) is 90.9 cm³/mol. The maximum Gasteiger partial charge on any atom is 0.253 e. The molecule has 2 heterocycles. The van der Waals surface area contributed by atoms with Gasteiger partial charge in [-0.05, 0) is 37.1 Å². The SMILES string of the molecule is Nc1ccccc1C(=O)NC1CCN(Cc2ccccn2)CC1. The molecule has 0 bridgehead atoms. The largest absolute Gasteiger partial charge is 0.398 e. The quantitative estimate of drug-likeness (QED) is 0.848. The number of piperidine rings is 1. The van der Waals surface area contributed by atoms with Crippen molar-refractivity contribution >= 4 is 11.6 Å². The number of amides is 1. The van der Waals surface area contributed by atoms with Crippen LogP contribution < -0.4 is 11.1 Å². The monoisotopic (exact) mass is 310 g/mol. The summed E-state index contributed by atoms with van der Waals surface area (Å²) in [6.07, 6.45) is 3.73. The van der Waals surface area contributed by atoms with Crippen molar-refractivity contribution in [1.82, 2.24) is 15.2 Å². The van der Waals surface area contributed by atoms with Crippen LogP contribution in [0.2, 0.25) is 0 Å². The van der Waals surface area contributed by atoms with E-state index in [1.54, 1.807) is 12.1 Å². The summed E-state index contributed by atoms with van der Waals surface area (Å²) in [4.78, 5) is 19.0. The van der Waals surface area contributed by atoms with Crippen LogP contribution in [0.1, 0.15) is 28.9 Å². The van der Waals surface area contributed by atoms with Gasteiger partial charge in [-0.25, -0.2) is 0 Å². The molecule has 2 aromatic rings. The number of rotatable bonds is 4. The van der Waals surface area contributed by atoms with Crippen LogP contribution in [0.5, 0.6) is 0 Å². The van der Waals surface area contributed by atoms with Gasteiger partial charge in [-0.15, -0.1) is 0 Å². The van der Waals surface area contributed by atoms with Crippen LogP contribution in [0.3, 0.4) is 0 Å². The van der Waals surface area contributed by atoms with E-state index in [4.69, 9.17) is 5.73 Å². The third kappa shape index (κ3) is 4.07. The van der Waals surface area contributed by atoms with Crippen molar-refractivity contribution in [1.29, 1.82) is 0 Å². The van der Waals surface area contributed by atoms with Crippen LogP contribution in [0.4, 0.5) is 5.69 Å². The third-order valence-electron chi connectivity index (χ3n) is 4.24. The standard InChI is InChI=1S/C18H22N4O/c19-17-7-2-1-6-16(17)18(23)21-14-8-11-22(12-9-14)13-15-5-3-4-10-20-15/h1-7,10,14H,8-9,11-13,19H2,(H,21,23). The molecule has 0 saturated carbocycles. The Morgan fingerprint density at radius 2 is 1.91 bits per heavy atom.